The van der Waals surface area contributed by atoms with Crippen LogP contribution in [0.3, 0.4) is 0 Å². The van der Waals surface area contributed by atoms with Crippen molar-refractivity contribution in [1.29, 1.82) is 0 Å². The molecule has 5 N–H and O–H groups in total. The van der Waals surface area contributed by atoms with Crippen molar-refractivity contribution in [2.24, 2.45) is 28.6 Å². The minimum atomic E-state index is -0.974. The molecule has 4 aliphatic carbocycles. The fourth-order valence-electron chi connectivity index (χ4n) is 8.83. The molecule has 1 aliphatic heterocycles. The van der Waals surface area contributed by atoms with Gasteiger partial charge >= 0.3 is 0 Å². The van der Waals surface area contributed by atoms with Gasteiger partial charge in [0.05, 0.1) is 36.1 Å². The van der Waals surface area contributed by atoms with E-state index in [1.54, 1.807) is 13.8 Å². The standard InChI is InChI=1S/C27H44O7/c1-14(28)18-8-10-27(32)19-6-5-16-11-17(34-23-13-21(29)24(31)15(2)33-23)7-9-25(16,3)20(19)12-22(30)26(18,27)4/h5,14-15,17-24,28-32H,6-13H2,1-4H3/t14-,15+,17-,18+,19+,20-,21-,22+,23-,24+,25-,26-,27-/m0/s1. The van der Waals surface area contributed by atoms with Crippen molar-refractivity contribution >= 4 is 0 Å². The molecule has 13 atom stereocenters. The molecule has 34 heavy (non-hydrogen) atoms. The lowest BCUT2D eigenvalue weighted by molar-refractivity contribution is -0.264. The van der Waals surface area contributed by atoms with E-state index in [0.717, 1.165) is 32.1 Å². The van der Waals surface area contributed by atoms with Crippen LogP contribution in [-0.4, -0.2) is 74.0 Å². The largest absolute Gasteiger partial charge is 0.393 e. The Morgan fingerprint density at radius 1 is 1.09 bits per heavy atom. The molecule has 7 heteroatoms. The molecule has 3 saturated carbocycles. The zero-order valence-corrected chi connectivity index (χ0v) is 21.1. The maximum absolute atomic E-state index is 12.1. The van der Waals surface area contributed by atoms with Gasteiger partial charge in [0.2, 0.25) is 0 Å². The summed E-state index contributed by atoms with van der Waals surface area (Å²) < 4.78 is 12.1. The first-order valence-electron chi connectivity index (χ1n) is 13.4. The Kier molecular flexibility index (Phi) is 6.28. The average molecular weight is 481 g/mol. The molecule has 0 bridgehead atoms. The van der Waals surface area contributed by atoms with Crippen LogP contribution in [0.4, 0.5) is 0 Å². The summed E-state index contributed by atoms with van der Waals surface area (Å²) in [6.45, 7) is 7.84. The SMILES string of the molecule is C[C@H](O)[C@H]1CC[C@]2(O)[C@@H]3CC=C4C[C@@H](O[C@H]5C[C@H](O)[C@H](O)[C@@H](C)O5)CC[C@]4(C)[C@H]3C[C@@H](O)[C@]12C. The molecule has 4 fully saturated rings. The van der Waals surface area contributed by atoms with Crippen LogP contribution in [-0.2, 0) is 9.47 Å². The van der Waals surface area contributed by atoms with E-state index in [1.165, 1.54) is 5.57 Å². The first-order valence-corrected chi connectivity index (χ1v) is 13.4. The molecule has 5 aliphatic rings. The van der Waals surface area contributed by atoms with Gasteiger partial charge in [0.25, 0.3) is 0 Å². The number of fused-ring (bicyclic) bond motifs is 5. The number of hydrogen-bond donors (Lipinski definition) is 5. The fourth-order valence-corrected chi connectivity index (χ4v) is 8.83. The van der Waals surface area contributed by atoms with E-state index in [0.29, 0.717) is 12.8 Å². The topological polar surface area (TPSA) is 120 Å². The van der Waals surface area contributed by atoms with E-state index in [9.17, 15) is 25.5 Å². The lowest BCUT2D eigenvalue weighted by Crippen LogP contribution is -2.66. The van der Waals surface area contributed by atoms with Gasteiger partial charge in [0.15, 0.2) is 6.29 Å². The summed E-state index contributed by atoms with van der Waals surface area (Å²) in [5.74, 6) is 0.176. The highest BCUT2D eigenvalue weighted by Gasteiger charge is 2.70. The molecule has 0 aromatic carbocycles. The van der Waals surface area contributed by atoms with Crippen LogP contribution >= 0.6 is 0 Å². The highest BCUT2D eigenvalue weighted by molar-refractivity contribution is 5.29. The molecule has 0 aromatic rings. The molecular formula is C27H44O7. The van der Waals surface area contributed by atoms with Gasteiger partial charge in [-0.15, -0.1) is 0 Å². The first kappa shape index (κ1) is 25.1. The van der Waals surface area contributed by atoms with E-state index in [4.69, 9.17) is 9.47 Å². The second kappa shape index (κ2) is 8.51. The summed E-state index contributed by atoms with van der Waals surface area (Å²) in [5.41, 5.74) is -0.414. The van der Waals surface area contributed by atoms with Crippen LogP contribution in [0.25, 0.3) is 0 Å². The van der Waals surface area contributed by atoms with E-state index < -0.39 is 47.8 Å². The van der Waals surface area contributed by atoms with E-state index in [2.05, 4.69) is 13.0 Å². The average Bonchev–Trinajstić information content (AvgIpc) is 3.06. The number of ether oxygens (including phenoxy) is 2. The molecule has 5 rings (SSSR count). The van der Waals surface area contributed by atoms with Crippen molar-refractivity contribution in [2.45, 2.75) is 128 Å². The maximum atomic E-state index is 12.1. The summed E-state index contributed by atoms with van der Waals surface area (Å²) in [6, 6.07) is 0. The van der Waals surface area contributed by atoms with Gasteiger partial charge in [-0.05, 0) is 82.0 Å². The Hall–Kier alpha value is -0.540. The number of allylic oxidation sites excluding steroid dienone is 1. The quantitative estimate of drug-likeness (QED) is 0.393. The predicted molar refractivity (Wildman–Crippen MR) is 126 cm³/mol. The Labute approximate surface area is 203 Å². The monoisotopic (exact) mass is 480 g/mol. The number of aliphatic hydroxyl groups excluding tert-OH is 4. The number of hydrogen-bond acceptors (Lipinski definition) is 7. The molecule has 0 radical (unpaired) electrons. The number of rotatable bonds is 3. The maximum Gasteiger partial charge on any atom is 0.161 e. The van der Waals surface area contributed by atoms with E-state index in [1.807, 2.05) is 6.92 Å². The Morgan fingerprint density at radius 2 is 1.82 bits per heavy atom. The molecule has 0 aromatic heterocycles. The van der Waals surface area contributed by atoms with Crippen LogP contribution in [0.5, 0.6) is 0 Å². The molecule has 7 nitrogen and oxygen atoms in total. The van der Waals surface area contributed by atoms with Crippen molar-refractivity contribution in [1.82, 2.24) is 0 Å². The van der Waals surface area contributed by atoms with Crippen LogP contribution in [0.15, 0.2) is 11.6 Å². The lowest BCUT2D eigenvalue weighted by Gasteiger charge is -2.63. The van der Waals surface area contributed by atoms with E-state index in [-0.39, 0.29) is 35.7 Å². The zero-order valence-electron chi connectivity index (χ0n) is 21.1. The van der Waals surface area contributed by atoms with Crippen LogP contribution < -0.4 is 0 Å². The zero-order chi connectivity index (χ0) is 24.6. The lowest BCUT2D eigenvalue weighted by atomic mass is 9.45. The fraction of sp³-hybridized carbons (Fsp3) is 0.926. The molecule has 1 heterocycles. The van der Waals surface area contributed by atoms with Crippen molar-refractivity contribution in [3.8, 4) is 0 Å². The van der Waals surface area contributed by atoms with Crippen LogP contribution in [0.1, 0.15) is 79.1 Å². The van der Waals surface area contributed by atoms with Crippen molar-refractivity contribution in [3.05, 3.63) is 11.6 Å². The molecule has 194 valence electrons. The minimum Gasteiger partial charge on any atom is -0.393 e. The van der Waals surface area contributed by atoms with Crippen molar-refractivity contribution in [2.75, 3.05) is 0 Å². The normalized spacial score (nSPS) is 56.1. The summed E-state index contributed by atoms with van der Waals surface area (Å²) in [7, 11) is 0. The summed E-state index contributed by atoms with van der Waals surface area (Å²) >= 11 is 0. The van der Waals surface area contributed by atoms with Gasteiger partial charge in [-0.1, -0.05) is 25.5 Å². The second-order valence-electron chi connectivity index (χ2n) is 12.5. The van der Waals surface area contributed by atoms with Crippen LogP contribution in [0.2, 0.25) is 0 Å². The smallest absolute Gasteiger partial charge is 0.161 e. The van der Waals surface area contributed by atoms with Gasteiger partial charge in [-0.3, -0.25) is 0 Å². The molecule has 1 saturated heterocycles. The van der Waals surface area contributed by atoms with E-state index >= 15 is 0 Å². The van der Waals surface area contributed by atoms with Gasteiger partial charge in [0.1, 0.15) is 6.10 Å². The van der Waals surface area contributed by atoms with Crippen molar-refractivity contribution < 1.29 is 35.0 Å². The third-order valence-electron chi connectivity index (χ3n) is 11.0. The van der Waals surface area contributed by atoms with Gasteiger partial charge < -0.3 is 35.0 Å². The first-order chi connectivity index (χ1) is 15.9. The van der Waals surface area contributed by atoms with Crippen molar-refractivity contribution in [3.63, 3.8) is 0 Å². The molecular weight excluding hydrogens is 436 g/mol. The summed E-state index contributed by atoms with van der Waals surface area (Å²) in [5, 5.41) is 54.1. The van der Waals surface area contributed by atoms with Gasteiger partial charge in [-0.25, -0.2) is 0 Å². The molecule has 0 amide bonds. The molecule has 0 spiro atoms. The van der Waals surface area contributed by atoms with Crippen LogP contribution in [0, 0.1) is 28.6 Å². The Bertz CT molecular complexity index is 803. The summed E-state index contributed by atoms with van der Waals surface area (Å²) in [4.78, 5) is 0. The predicted octanol–water partition coefficient (Wildman–Crippen LogP) is 2.27. The minimum absolute atomic E-state index is 0.0107. The second-order valence-corrected chi connectivity index (χ2v) is 12.5. The van der Waals surface area contributed by atoms with Gasteiger partial charge in [0, 0.05) is 11.8 Å². The Balaban J connectivity index is 1.34. The highest BCUT2D eigenvalue weighted by atomic mass is 16.7. The summed E-state index contributed by atoms with van der Waals surface area (Å²) in [6.07, 6.45) is 4.04. The Morgan fingerprint density at radius 3 is 2.50 bits per heavy atom. The highest BCUT2D eigenvalue weighted by Crippen LogP contribution is 2.68. The molecule has 0 unspecified atom stereocenters. The van der Waals surface area contributed by atoms with Gasteiger partial charge in [-0.2, -0.15) is 0 Å². The third-order valence-corrected chi connectivity index (χ3v) is 11.0. The number of aliphatic hydroxyl groups is 5. The third kappa shape index (κ3) is 3.49.